The molecule has 2 aromatic heterocycles. The first-order chi connectivity index (χ1) is 18.2. The van der Waals surface area contributed by atoms with Gasteiger partial charge < -0.3 is 5.11 Å². The van der Waals surface area contributed by atoms with Gasteiger partial charge >= 0.3 is 0 Å². The maximum atomic E-state index is 13.9. The van der Waals surface area contributed by atoms with Crippen molar-refractivity contribution in [3.63, 3.8) is 0 Å². The summed E-state index contributed by atoms with van der Waals surface area (Å²) in [4.78, 5) is 17.3. The molecule has 1 unspecified atom stereocenters. The molecule has 4 aromatic rings. The molecule has 196 valence electrons. The minimum Gasteiger partial charge on any atom is -0.492 e. The number of aryl methyl sites for hydroxylation is 2. The summed E-state index contributed by atoms with van der Waals surface area (Å²) in [5, 5.41) is 27.0. The van der Waals surface area contributed by atoms with Crippen molar-refractivity contribution in [2.45, 2.75) is 62.3 Å². The molecule has 0 aliphatic carbocycles. The third kappa shape index (κ3) is 4.97. The Labute approximate surface area is 221 Å². The Hall–Kier alpha value is -4.23. The summed E-state index contributed by atoms with van der Waals surface area (Å²) in [6, 6.07) is 14.5. The number of nitrogens with zero attached hydrogens (tertiary/aromatic N) is 4. The average Bonchev–Trinajstić information content (AvgIpc) is 3.35. The first kappa shape index (κ1) is 26.8. The second kappa shape index (κ2) is 11.0. The molecular weight excluding hydrogens is 502 g/mol. The maximum absolute atomic E-state index is 13.9. The van der Waals surface area contributed by atoms with Crippen LogP contribution in [0.5, 0.6) is 5.88 Å². The third-order valence-electron chi connectivity index (χ3n) is 6.56. The van der Waals surface area contributed by atoms with E-state index in [0.717, 1.165) is 23.2 Å². The number of aromatic amines is 1. The van der Waals surface area contributed by atoms with E-state index in [1.54, 1.807) is 42.6 Å². The Balaban J connectivity index is 1.89. The van der Waals surface area contributed by atoms with Crippen LogP contribution in [0, 0.1) is 18.3 Å². The zero-order valence-electron chi connectivity index (χ0n) is 21.5. The van der Waals surface area contributed by atoms with E-state index in [-0.39, 0.29) is 4.90 Å². The molecule has 2 N–H and O–H groups in total. The average molecular weight is 532 g/mol. The second-order valence-corrected chi connectivity index (χ2v) is 10.9. The molecule has 0 spiro atoms. The fraction of sp³-hybridized carbons (Fsp3) is 0.286. The molecule has 0 radical (unpaired) electrons. The molecule has 4 rings (SSSR count). The predicted molar refractivity (Wildman–Crippen MR) is 143 cm³/mol. The fourth-order valence-corrected chi connectivity index (χ4v) is 5.92. The van der Waals surface area contributed by atoms with E-state index in [2.05, 4.69) is 21.3 Å². The number of unbranched alkanes of at least 4 members (excludes halogenated alkanes) is 1. The van der Waals surface area contributed by atoms with Gasteiger partial charge in [0.1, 0.15) is 5.82 Å². The van der Waals surface area contributed by atoms with Crippen LogP contribution >= 0.6 is 0 Å². The summed E-state index contributed by atoms with van der Waals surface area (Å²) in [7, 11) is -4.41. The minimum atomic E-state index is -4.41. The lowest BCUT2D eigenvalue weighted by molar-refractivity contribution is 0.406. The highest BCUT2D eigenvalue weighted by molar-refractivity contribution is 7.91. The van der Waals surface area contributed by atoms with Crippen LogP contribution in [0.1, 0.15) is 61.8 Å². The molecule has 0 amide bonds. The van der Waals surface area contributed by atoms with Crippen LogP contribution in [0.15, 0.2) is 69.3 Å². The van der Waals surface area contributed by atoms with Crippen LogP contribution in [0.3, 0.4) is 0 Å². The molecular formula is C28H29N5O4S. The van der Waals surface area contributed by atoms with Crippen LogP contribution in [0.4, 0.5) is 0 Å². The van der Waals surface area contributed by atoms with E-state index in [0.29, 0.717) is 36.2 Å². The zero-order valence-corrected chi connectivity index (χ0v) is 22.3. The van der Waals surface area contributed by atoms with E-state index < -0.39 is 32.2 Å². The molecule has 0 saturated heterocycles. The number of hydrogen-bond donors (Lipinski definition) is 2. The van der Waals surface area contributed by atoms with Crippen LogP contribution in [0.25, 0.3) is 11.1 Å². The normalized spacial score (nSPS) is 12.3. The molecule has 2 heterocycles. The second-order valence-electron chi connectivity index (χ2n) is 9.06. The van der Waals surface area contributed by atoms with Crippen LogP contribution in [-0.2, 0) is 16.3 Å². The standard InChI is InChI=1S/C28H29N5O4S/c1-4-6-10-25-31-27(34)26(28(35)33(25)24(5-2)21-9-7-8-19(15-21)16-29)38(36,37)22-13-11-20(12-14-22)23-17-30-32-18(23)3/h7-9,11-15,17,24,34H,4-6,10H2,1-3H3,(H,30,32). The van der Waals surface area contributed by atoms with Gasteiger partial charge in [0.05, 0.1) is 28.8 Å². The summed E-state index contributed by atoms with van der Waals surface area (Å²) >= 11 is 0. The topological polar surface area (TPSA) is 142 Å². The van der Waals surface area contributed by atoms with Crippen LogP contribution < -0.4 is 5.56 Å². The van der Waals surface area contributed by atoms with Gasteiger partial charge in [-0.2, -0.15) is 15.3 Å². The summed E-state index contributed by atoms with van der Waals surface area (Å²) in [6.07, 6.45) is 3.99. The predicted octanol–water partition coefficient (Wildman–Crippen LogP) is 4.69. The fourth-order valence-electron chi connectivity index (χ4n) is 4.57. The van der Waals surface area contributed by atoms with Crippen molar-refractivity contribution in [1.29, 1.82) is 5.26 Å². The Kier molecular flexibility index (Phi) is 7.78. The third-order valence-corrected chi connectivity index (χ3v) is 8.34. The summed E-state index contributed by atoms with van der Waals surface area (Å²) < 4.78 is 28.7. The zero-order chi connectivity index (χ0) is 27.4. The molecule has 0 aliphatic rings. The van der Waals surface area contributed by atoms with Crippen molar-refractivity contribution in [2.24, 2.45) is 0 Å². The van der Waals surface area contributed by atoms with E-state index in [1.807, 2.05) is 20.8 Å². The molecule has 9 nitrogen and oxygen atoms in total. The van der Waals surface area contributed by atoms with Gasteiger partial charge in [-0.15, -0.1) is 0 Å². The highest BCUT2D eigenvalue weighted by Crippen LogP contribution is 2.30. The number of nitriles is 1. The van der Waals surface area contributed by atoms with E-state index in [9.17, 15) is 23.6 Å². The molecule has 1 atom stereocenters. The van der Waals surface area contributed by atoms with Gasteiger partial charge in [-0.3, -0.25) is 14.5 Å². The summed E-state index contributed by atoms with van der Waals surface area (Å²) in [5.74, 6) is -0.513. The first-order valence-corrected chi connectivity index (χ1v) is 13.9. The van der Waals surface area contributed by atoms with Gasteiger partial charge in [-0.1, -0.05) is 44.5 Å². The number of hydrogen-bond acceptors (Lipinski definition) is 7. The highest BCUT2D eigenvalue weighted by Gasteiger charge is 2.31. The van der Waals surface area contributed by atoms with Gasteiger partial charge in [-0.25, -0.2) is 8.42 Å². The van der Waals surface area contributed by atoms with Crippen molar-refractivity contribution < 1.29 is 13.5 Å². The minimum absolute atomic E-state index is 0.135. The first-order valence-electron chi connectivity index (χ1n) is 12.4. The molecule has 38 heavy (non-hydrogen) atoms. The highest BCUT2D eigenvalue weighted by atomic mass is 32.2. The number of rotatable bonds is 9. The van der Waals surface area contributed by atoms with E-state index >= 15 is 0 Å². The molecule has 0 saturated carbocycles. The number of aromatic hydroxyl groups is 1. The van der Waals surface area contributed by atoms with Gasteiger partial charge in [0.2, 0.25) is 15.7 Å². The van der Waals surface area contributed by atoms with E-state index in [1.165, 1.54) is 16.7 Å². The Bertz CT molecular complexity index is 1660. The van der Waals surface area contributed by atoms with Crippen molar-refractivity contribution in [3.8, 4) is 23.1 Å². The van der Waals surface area contributed by atoms with E-state index in [4.69, 9.17) is 0 Å². The van der Waals surface area contributed by atoms with Crippen molar-refractivity contribution in [1.82, 2.24) is 19.7 Å². The molecule has 0 bridgehead atoms. The SMILES string of the molecule is CCCCc1nc(O)c(S(=O)(=O)c2ccc(-c3cn[nH]c3C)cc2)c(=O)n1C(CC)c1cccc(C#N)c1. The monoisotopic (exact) mass is 531 g/mol. The number of sulfone groups is 1. The maximum Gasteiger partial charge on any atom is 0.277 e. The lowest BCUT2D eigenvalue weighted by atomic mass is 10.0. The smallest absolute Gasteiger partial charge is 0.277 e. The van der Waals surface area contributed by atoms with Gasteiger partial charge in [0, 0.05) is 17.7 Å². The van der Waals surface area contributed by atoms with Gasteiger partial charge in [0.15, 0.2) is 4.90 Å². The molecule has 10 heteroatoms. The Morgan fingerprint density at radius 1 is 1.16 bits per heavy atom. The number of benzene rings is 2. The number of nitrogens with one attached hydrogen (secondary N) is 1. The van der Waals surface area contributed by atoms with Gasteiger partial charge in [0.25, 0.3) is 5.56 Å². The van der Waals surface area contributed by atoms with Gasteiger partial charge in [-0.05, 0) is 55.2 Å². The van der Waals surface area contributed by atoms with Crippen molar-refractivity contribution in [3.05, 3.63) is 87.7 Å². The van der Waals surface area contributed by atoms with Crippen LogP contribution in [-0.4, -0.2) is 33.3 Å². The lowest BCUT2D eigenvalue weighted by Crippen LogP contribution is -2.33. The summed E-state index contributed by atoms with van der Waals surface area (Å²) in [5.41, 5.74) is 2.69. The summed E-state index contributed by atoms with van der Waals surface area (Å²) in [6.45, 7) is 5.72. The Morgan fingerprint density at radius 3 is 2.50 bits per heavy atom. The largest absolute Gasteiger partial charge is 0.492 e. The number of aromatic nitrogens is 4. The molecule has 2 aromatic carbocycles. The Morgan fingerprint density at radius 2 is 1.89 bits per heavy atom. The van der Waals surface area contributed by atoms with Crippen molar-refractivity contribution in [2.75, 3.05) is 0 Å². The molecule has 0 fully saturated rings. The van der Waals surface area contributed by atoms with Crippen molar-refractivity contribution >= 4 is 9.84 Å². The quantitative estimate of drug-likeness (QED) is 0.319. The van der Waals surface area contributed by atoms with Crippen LogP contribution in [0.2, 0.25) is 0 Å². The molecule has 0 aliphatic heterocycles. The number of H-pyrrole nitrogens is 1. The lowest BCUT2D eigenvalue weighted by Gasteiger charge is -2.23.